The Hall–Kier alpha value is -2.11. The molecule has 0 fully saturated rings. The monoisotopic (exact) mass is 239 g/mol. The summed E-state index contributed by atoms with van der Waals surface area (Å²) in [4.78, 5) is 0. The number of rotatable bonds is 4. The van der Waals surface area contributed by atoms with Crippen molar-refractivity contribution in [1.29, 1.82) is 0 Å². The van der Waals surface area contributed by atoms with Gasteiger partial charge in [0.2, 0.25) is 18.3 Å². The van der Waals surface area contributed by atoms with Crippen LogP contribution >= 0.6 is 0 Å². The largest absolute Gasteiger partial charge is 0.493 e. The first-order chi connectivity index (χ1) is 8.31. The molecule has 0 saturated carbocycles. The second-order valence-corrected chi connectivity index (χ2v) is 3.34. The number of ether oxygens (including phenoxy) is 4. The van der Waals surface area contributed by atoms with Gasteiger partial charge in [-0.25, -0.2) is 0 Å². The van der Waals surface area contributed by atoms with Crippen LogP contribution in [0.4, 0.5) is 0 Å². The third-order valence-corrected chi connectivity index (χ3v) is 2.46. The Balaban J connectivity index is 2.51. The Labute approximate surface area is 98.3 Å². The minimum Gasteiger partial charge on any atom is -0.493 e. The second-order valence-electron chi connectivity index (χ2n) is 3.34. The zero-order valence-electron chi connectivity index (χ0n) is 9.60. The summed E-state index contributed by atoms with van der Waals surface area (Å²) < 4.78 is 21.2. The van der Waals surface area contributed by atoms with Crippen LogP contribution in [-0.2, 0) is 6.42 Å². The van der Waals surface area contributed by atoms with E-state index < -0.39 is 0 Å². The number of oxime groups is 1. The van der Waals surface area contributed by atoms with Crippen LogP contribution in [0.2, 0.25) is 0 Å². The molecule has 1 aromatic carbocycles. The van der Waals surface area contributed by atoms with Gasteiger partial charge in [-0.1, -0.05) is 0 Å². The van der Waals surface area contributed by atoms with Crippen molar-refractivity contribution >= 4 is 6.21 Å². The minimum absolute atomic E-state index is 0.138. The minimum atomic E-state index is 0.138. The van der Waals surface area contributed by atoms with Crippen LogP contribution < -0.4 is 18.9 Å². The summed E-state index contributed by atoms with van der Waals surface area (Å²) in [6.07, 6.45) is 1.77. The second kappa shape index (κ2) is 4.82. The predicted molar refractivity (Wildman–Crippen MR) is 59.7 cm³/mol. The van der Waals surface area contributed by atoms with Crippen LogP contribution in [0.3, 0.4) is 0 Å². The molecule has 6 nitrogen and oxygen atoms in total. The summed E-state index contributed by atoms with van der Waals surface area (Å²) in [5.41, 5.74) is 0.798. The quantitative estimate of drug-likeness (QED) is 0.489. The first-order valence-electron chi connectivity index (χ1n) is 5.01. The molecule has 92 valence electrons. The maximum absolute atomic E-state index is 8.45. The smallest absolute Gasteiger partial charge is 0.231 e. The topological polar surface area (TPSA) is 69.5 Å². The standard InChI is InChI=1S/C11H13NO5/c1-14-8-5-7(3-4-12-13)9(15-2)11-10(8)16-6-17-11/h4-5,13H,3,6H2,1-2H3. The summed E-state index contributed by atoms with van der Waals surface area (Å²) in [5, 5.41) is 11.4. The van der Waals surface area contributed by atoms with Crippen LogP contribution in [0.1, 0.15) is 5.56 Å². The number of methoxy groups -OCH3 is 2. The summed E-state index contributed by atoms with van der Waals surface area (Å²) in [5.74, 6) is 2.19. The van der Waals surface area contributed by atoms with Crippen molar-refractivity contribution in [1.82, 2.24) is 0 Å². The molecule has 17 heavy (non-hydrogen) atoms. The molecule has 1 aliphatic rings. The lowest BCUT2D eigenvalue weighted by Gasteiger charge is -2.12. The fourth-order valence-electron chi connectivity index (χ4n) is 1.73. The average molecular weight is 239 g/mol. The van der Waals surface area contributed by atoms with Crippen LogP contribution in [0, 0.1) is 0 Å². The van der Waals surface area contributed by atoms with E-state index >= 15 is 0 Å². The molecular formula is C11H13NO5. The lowest BCUT2D eigenvalue weighted by atomic mass is 10.1. The van der Waals surface area contributed by atoms with Gasteiger partial charge in [-0.15, -0.1) is 5.16 Å². The molecule has 1 heterocycles. The van der Waals surface area contributed by atoms with Crippen molar-refractivity contribution in [2.45, 2.75) is 6.42 Å². The third kappa shape index (κ3) is 1.93. The van der Waals surface area contributed by atoms with Gasteiger partial charge < -0.3 is 24.2 Å². The fourth-order valence-corrected chi connectivity index (χ4v) is 1.73. The number of fused-ring (bicyclic) bond motifs is 1. The third-order valence-electron chi connectivity index (χ3n) is 2.46. The zero-order valence-corrected chi connectivity index (χ0v) is 9.60. The van der Waals surface area contributed by atoms with Crippen molar-refractivity contribution in [3.05, 3.63) is 11.6 Å². The molecule has 0 unspecified atom stereocenters. The maximum atomic E-state index is 8.45. The Kier molecular flexibility index (Phi) is 3.22. The van der Waals surface area contributed by atoms with E-state index in [9.17, 15) is 0 Å². The molecule has 0 amide bonds. The molecule has 0 aliphatic carbocycles. The van der Waals surface area contributed by atoms with Gasteiger partial charge in [-0.05, 0) is 6.07 Å². The van der Waals surface area contributed by atoms with Crippen molar-refractivity contribution in [3.8, 4) is 23.0 Å². The Morgan fingerprint density at radius 2 is 2.12 bits per heavy atom. The molecule has 1 aliphatic heterocycles. The summed E-state index contributed by atoms with van der Waals surface area (Å²) in [6.45, 7) is 0.138. The Morgan fingerprint density at radius 3 is 2.76 bits per heavy atom. The fraction of sp³-hybridized carbons (Fsp3) is 0.364. The zero-order chi connectivity index (χ0) is 12.3. The number of nitrogens with zero attached hydrogens (tertiary/aromatic N) is 1. The normalized spacial score (nSPS) is 13.1. The van der Waals surface area contributed by atoms with E-state index in [-0.39, 0.29) is 6.79 Å². The summed E-state index contributed by atoms with van der Waals surface area (Å²) >= 11 is 0. The van der Waals surface area contributed by atoms with Gasteiger partial charge in [0.15, 0.2) is 11.5 Å². The van der Waals surface area contributed by atoms with Gasteiger partial charge in [0, 0.05) is 18.2 Å². The van der Waals surface area contributed by atoms with Crippen LogP contribution in [0.25, 0.3) is 0 Å². The lowest BCUT2D eigenvalue weighted by molar-refractivity contribution is 0.168. The van der Waals surface area contributed by atoms with Crippen LogP contribution in [0.15, 0.2) is 11.2 Å². The summed E-state index contributed by atoms with van der Waals surface area (Å²) in [6, 6.07) is 1.77. The number of benzene rings is 1. The van der Waals surface area contributed by atoms with E-state index in [1.807, 2.05) is 0 Å². The lowest BCUT2D eigenvalue weighted by Crippen LogP contribution is -1.97. The predicted octanol–water partition coefficient (Wildman–Crippen LogP) is 1.43. The van der Waals surface area contributed by atoms with E-state index in [4.69, 9.17) is 24.2 Å². The molecule has 0 radical (unpaired) electrons. The molecule has 0 bridgehead atoms. The van der Waals surface area contributed by atoms with Gasteiger partial charge in [0.05, 0.1) is 14.2 Å². The van der Waals surface area contributed by atoms with Crippen molar-refractivity contribution in [2.75, 3.05) is 21.0 Å². The highest BCUT2D eigenvalue weighted by Crippen LogP contribution is 2.49. The van der Waals surface area contributed by atoms with Crippen molar-refractivity contribution in [2.24, 2.45) is 5.16 Å². The first-order valence-corrected chi connectivity index (χ1v) is 5.01. The number of hydrogen-bond donors (Lipinski definition) is 1. The molecular weight excluding hydrogens is 226 g/mol. The molecule has 2 rings (SSSR count). The molecule has 1 aromatic rings. The SMILES string of the molecule is COc1cc(CC=NO)c(OC)c2c1OCO2. The van der Waals surface area contributed by atoms with E-state index in [2.05, 4.69) is 5.16 Å². The number of hydrogen-bond acceptors (Lipinski definition) is 6. The van der Waals surface area contributed by atoms with Crippen molar-refractivity contribution in [3.63, 3.8) is 0 Å². The van der Waals surface area contributed by atoms with Crippen molar-refractivity contribution < 1.29 is 24.2 Å². The van der Waals surface area contributed by atoms with Crippen LogP contribution in [-0.4, -0.2) is 32.4 Å². The van der Waals surface area contributed by atoms with Crippen LogP contribution in [0.5, 0.6) is 23.0 Å². The van der Waals surface area contributed by atoms with E-state index in [1.165, 1.54) is 6.21 Å². The average Bonchev–Trinajstić information content (AvgIpc) is 2.83. The van der Waals surface area contributed by atoms with Gasteiger partial charge in [0.1, 0.15) is 0 Å². The molecule has 0 spiro atoms. The summed E-state index contributed by atoms with van der Waals surface area (Å²) in [7, 11) is 3.09. The Bertz CT molecular complexity index is 444. The van der Waals surface area contributed by atoms with Gasteiger partial charge in [-0.2, -0.15) is 0 Å². The van der Waals surface area contributed by atoms with E-state index in [0.717, 1.165) is 5.56 Å². The highest BCUT2D eigenvalue weighted by atomic mass is 16.7. The molecule has 0 atom stereocenters. The van der Waals surface area contributed by atoms with E-state index in [1.54, 1.807) is 20.3 Å². The molecule has 6 heteroatoms. The maximum Gasteiger partial charge on any atom is 0.231 e. The van der Waals surface area contributed by atoms with Gasteiger partial charge >= 0.3 is 0 Å². The highest BCUT2D eigenvalue weighted by molar-refractivity contribution is 5.69. The molecule has 1 N–H and O–H groups in total. The highest BCUT2D eigenvalue weighted by Gasteiger charge is 2.26. The molecule has 0 saturated heterocycles. The Morgan fingerprint density at radius 1 is 1.35 bits per heavy atom. The van der Waals surface area contributed by atoms with E-state index in [0.29, 0.717) is 29.4 Å². The van der Waals surface area contributed by atoms with Gasteiger partial charge in [0.25, 0.3) is 0 Å². The molecule has 0 aromatic heterocycles. The first kappa shape index (κ1) is 11.4. The van der Waals surface area contributed by atoms with Gasteiger partial charge in [-0.3, -0.25) is 0 Å².